The van der Waals surface area contributed by atoms with E-state index >= 15 is 0 Å². The lowest BCUT2D eigenvalue weighted by Crippen LogP contribution is -2.60. The Morgan fingerprint density at radius 3 is 1.71 bits per heavy atom. The number of aliphatic carboxylic acids is 1. The van der Waals surface area contributed by atoms with Crippen LogP contribution in [0.2, 0.25) is 0 Å². The first-order valence-corrected chi connectivity index (χ1v) is 23.2. The van der Waals surface area contributed by atoms with E-state index in [9.17, 15) is 43.5 Å². The van der Waals surface area contributed by atoms with Gasteiger partial charge in [0.15, 0.2) is 11.9 Å². The number of amides is 7. The van der Waals surface area contributed by atoms with Crippen LogP contribution in [-0.4, -0.2) is 131 Å². The molecule has 1 saturated heterocycles. The third kappa shape index (κ3) is 19.8. The van der Waals surface area contributed by atoms with E-state index < -0.39 is 89.6 Å². The molecule has 1 fully saturated rings. The van der Waals surface area contributed by atoms with Crippen LogP contribution in [0.4, 0.5) is 0 Å². The fourth-order valence-electron chi connectivity index (χ4n) is 6.26. The molecule has 24 heteroatoms. The van der Waals surface area contributed by atoms with Crippen LogP contribution in [-0.2, 0) is 51.2 Å². The van der Waals surface area contributed by atoms with Gasteiger partial charge < -0.3 is 65.3 Å². The average molecular weight is 942 g/mol. The third-order valence-electron chi connectivity index (χ3n) is 9.60. The Morgan fingerprint density at radius 1 is 0.692 bits per heavy atom. The number of rotatable bonds is 18. The number of guanidine groups is 2. The number of aliphatic imine (C=N–C) groups is 2. The van der Waals surface area contributed by atoms with Crippen molar-refractivity contribution in [1.29, 1.82) is 0 Å². The van der Waals surface area contributed by atoms with Crippen LogP contribution in [0.3, 0.4) is 0 Å². The first-order valence-electron chi connectivity index (χ1n) is 20.7. The molecular formula is C41H59N13O9S2. The molecule has 1 aliphatic heterocycles. The van der Waals surface area contributed by atoms with Crippen molar-refractivity contribution in [2.24, 2.45) is 32.9 Å². The minimum Gasteiger partial charge on any atom is -0.480 e. The van der Waals surface area contributed by atoms with Gasteiger partial charge in [-0.1, -0.05) is 82.3 Å². The van der Waals surface area contributed by atoms with Crippen molar-refractivity contribution < 1.29 is 43.5 Å². The number of nitrogens with two attached hydrogens (primary N) is 4. The predicted molar refractivity (Wildman–Crippen MR) is 248 cm³/mol. The maximum Gasteiger partial charge on any atom is 0.327 e. The maximum absolute atomic E-state index is 14.2. The van der Waals surface area contributed by atoms with E-state index in [1.54, 1.807) is 60.7 Å². The first kappa shape index (κ1) is 52.8. The second kappa shape index (κ2) is 27.6. The zero-order chi connectivity index (χ0) is 47.9. The molecular weight excluding hydrogens is 883 g/mol. The van der Waals surface area contributed by atoms with E-state index in [2.05, 4.69) is 47.2 Å². The number of hydrogen-bond donors (Lipinski definition) is 12. The Morgan fingerprint density at radius 2 is 1.18 bits per heavy atom. The summed E-state index contributed by atoms with van der Waals surface area (Å²) < 4.78 is 0. The molecule has 0 bridgehead atoms. The predicted octanol–water partition coefficient (Wildman–Crippen LogP) is -2.51. The molecule has 1 aliphatic rings. The van der Waals surface area contributed by atoms with E-state index in [4.69, 9.17) is 22.9 Å². The molecule has 354 valence electrons. The highest BCUT2D eigenvalue weighted by atomic mass is 33.1. The minimum absolute atomic E-state index is 0.0182. The number of benzene rings is 2. The van der Waals surface area contributed by atoms with Crippen molar-refractivity contribution in [2.75, 3.05) is 24.6 Å². The molecule has 2 aromatic carbocycles. The number of carbonyl (C=O) groups is 8. The Balaban J connectivity index is 1.98. The largest absolute Gasteiger partial charge is 0.480 e. The highest BCUT2D eigenvalue weighted by molar-refractivity contribution is 8.76. The molecule has 7 amide bonds. The molecule has 2 aromatic rings. The number of carbonyl (C=O) groups excluding carboxylic acids is 7. The van der Waals surface area contributed by atoms with Crippen molar-refractivity contribution in [1.82, 2.24) is 37.2 Å². The monoisotopic (exact) mass is 941 g/mol. The van der Waals surface area contributed by atoms with Gasteiger partial charge in [-0.25, -0.2) is 4.79 Å². The molecule has 22 nitrogen and oxygen atoms in total. The second-order valence-electron chi connectivity index (χ2n) is 15.0. The molecule has 0 unspecified atom stereocenters. The van der Waals surface area contributed by atoms with Crippen molar-refractivity contribution in [3.63, 3.8) is 0 Å². The fraction of sp³-hybridized carbons (Fsp3) is 0.463. The third-order valence-corrected chi connectivity index (χ3v) is 12.0. The van der Waals surface area contributed by atoms with E-state index in [0.29, 0.717) is 17.5 Å². The van der Waals surface area contributed by atoms with Gasteiger partial charge in [-0.05, 0) is 43.7 Å². The molecule has 0 radical (unpaired) electrons. The number of carboxylic acids is 1. The maximum atomic E-state index is 14.2. The second-order valence-corrected chi connectivity index (χ2v) is 17.5. The van der Waals surface area contributed by atoms with Gasteiger partial charge in [0.1, 0.15) is 42.3 Å². The summed E-state index contributed by atoms with van der Waals surface area (Å²) in [5.41, 5.74) is 23.1. The lowest BCUT2D eigenvalue weighted by molar-refractivity contribution is -0.141. The SMILES string of the molecule is CC(=O)N[C@@H](CCCN=C(N)N)C(=O)N[C@@H](C)C(=O)N[C@H]1CSSC[C@H](C(=O)O)NC(=O)[C@H](Cc2ccccc2)NC(=O)[C@H](Cc2ccccc2)NC(=O)[C@H](CCCN=C(N)N)NC1=O. The number of hydrogen-bond acceptors (Lipinski definition) is 12. The Labute approximate surface area is 384 Å². The summed E-state index contributed by atoms with van der Waals surface area (Å²) in [6.45, 7) is 2.84. The molecule has 0 saturated carbocycles. The van der Waals surface area contributed by atoms with E-state index in [1.807, 2.05) is 0 Å². The Hall–Kier alpha value is -6.56. The van der Waals surface area contributed by atoms with E-state index in [1.165, 1.54) is 13.8 Å². The van der Waals surface area contributed by atoms with Gasteiger partial charge in [0.05, 0.1) is 0 Å². The van der Waals surface area contributed by atoms with Gasteiger partial charge in [0.25, 0.3) is 0 Å². The topological polar surface area (TPSA) is 370 Å². The summed E-state index contributed by atoms with van der Waals surface area (Å²) in [5.74, 6) is -7.28. The number of nitrogens with zero attached hydrogens (tertiary/aromatic N) is 2. The summed E-state index contributed by atoms with van der Waals surface area (Å²) in [5, 5.41) is 28.4. The standard InChI is InChI=1S/C41H59N13O9S2/c1-23(48-34(57)27(49-24(2)55)15-9-17-46-40(42)43)33(56)53-31-21-64-65-22-32(39(62)63)54-37(60)30(20-26-13-7-4-8-14-26)52-36(59)29(19-25-11-5-3-6-12-25)51-35(58)28(50-38(31)61)16-10-18-47-41(44)45/h3-8,11-14,23,27-32H,9-10,15-22H2,1-2H3,(H,48,57)(H,49,55)(H,50,61)(H,51,58)(H,52,59)(H,53,56)(H,54,60)(H,62,63)(H4,42,43,46)(H4,44,45,47)/t23-,27-,28-,29-,30-,31-,32+/m0/s1. The zero-order valence-corrected chi connectivity index (χ0v) is 37.8. The summed E-state index contributed by atoms with van der Waals surface area (Å²) in [6, 6.07) is 8.46. The quantitative estimate of drug-likeness (QED) is 0.0318. The lowest BCUT2D eigenvalue weighted by Gasteiger charge is -2.27. The molecule has 0 aliphatic carbocycles. The van der Waals surface area contributed by atoms with Crippen LogP contribution in [0.5, 0.6) is 0 Å². The van der Waals surface area contributed by atoms with Gasteiger partial charge in [0.2, 0.25) is 41.4 Å². The van der Waals surface area contributed by atoms with Gasteiger partial charge in [-0.3, -0.25) is 43.5 Å². The van der Waals surface area contributed by atoms with Gasteiger partial charge in [0, 0.05) is 44.4 Å². The highest BCUT2D eigenvalue weighted by Crippen LogP contribution is 2.24. The van der Waals surface area contributed by atoms with Gasteiger partial charge in [-0.2, -0.15) is 0 Å². The van der Waals surface area contributed by atoms with Gasteiger partial charge >= 0.3 is 5.97 Å². The normalized spacial score (nSPS) is 20.7. The van der Waals surface area contributed by atoms with Crippen LogP contribution in [0.25, 0.3) is 0 Å². The molecule has 0 aromatic heterocycles. The van der Waals surface area contributed by atoms with E-state index in [0.717, 1.165) is 21.6 Å². The van der Waals surface area contributed by atoms with Crippen molar-refractivity contribution in [3.8, 4) is 0 Å². The lowest BCUT2D eigenvalue weighted by atomic mass is 10.0. The average Bonchev–Trinajstić information content (AvgIpc) is 3.25. The summed E-state index contributed by atoms with van der Waals surface area (Å²) in [4.78, 5) is 115. The summed E-state index contributed by atoms with van der Waals surface area (Å²) in [7, 11) is 1.98. The van der Waals surface area contributed by atoms with Crippen molar-refractivity contribution >= 4 is 80.8 Å². The van der Waals surface area contributed by atoms with E-state index in [-0.39, 0.29) is 68.6 Å². The van der Waals surface area contributed by atoms with Crippen LogP contribution in [0, 0.1) is 0 Å². The first-order chi connectivity index (χ1) is 30.9. The summed E-state index contributed by atoms with van der Waals surface area (Å²) in [6.07, 6.45) is 0.535. The number of carboxylic acid groups (broad SMARTS) is 1. The molecule has 7 atom stereocenters. The molecule has 1 heterocycles. The smallest absolute Gasteiger partial charge is 0.327 e. The minimum atomic E-state index is -1.45. The van der Waals surface area contributed by atoms with Crippen molar-refractivity contribution in [3.05, 3.63) is 71.8 Å². The highest BCUT2D eigenvalue weighted by Gasteiger charge is 2.34. The van der Waals surface area contributed by atoms with Crippen LogP contribution in [0.1, 0.15) is 50.7 Å². The molecule has 16 N–H and O–H groups in total. The van der Waals surface area contributed by atoms with Crippen LogP contribution < -0.4 is 60.2 Å². The molecule has 0 spiro atoms. The van der Waals surface area contributed by atoms with Crippen molar-refractivity contribution in [2.45, 2.75) is 94.7 Å². The molecule has 3 rings (SSSR count). The Bertz CT molecular complexity index is 2010. The van der Waals surface area contributed by atoms with Crippen LogP contribution in [0.15, 0.2) is 70.6 Å². The Kier molecular flexibility index (Phi) is 22.4. The molecule has 65 heavy (non-hydrogen) atoms. The zero-order valence-electron chi connectivity index (χ0n) is 36.1. The number of nitrogens with one attached hydrogen (secondary N) is 7. The van der Waals surface area contributed by atoms with Crippen LogP contribution >= 0.6 is 21.6 Å². The fourth-order valence-corrected chi connectivity index (χ4v) is 8.58. The van der Waals surface area contributed by atoms with Gasteiger partial charge in [-0.15, -0.1) is 0 Å². The summed E-state index contributed by atoms with van der Waals surface area (Å²) >= 11 is 0.